The molecule has 0 saturated heterocycles. The zero-order valence-electron chi connectivity index (χ0n) is 15.8. The molecule has 2 heterocycles. The van der Waals surface area contributed by atoms with Crippen LogP contribution in [0.4, 0.5) is 8.78 Å². The molecule has 0 aliphatic rings. The predicted molar refractivity (Wildman–Crippen MR) is 91.8 cm³/mol. The van der Waals surface area contributed by atoms with E-state index in [1.165, 1.54) is 23.0 Å². The second-order valence-corrected chi connectivity index (χ2v) is 6.93. The first-order chi connectivity index (χ1) is 12.0. The number of aromatic nitrogens is 3. The Bertz CT molecular complexity index is 805. The van der Waals surface area contributed by atoms with Crippen molar-refractivity contribution in [3.8, 4) is 11.8 Å². The van der Waals surface area contributed by atoms with Gasteiger partial charge in [0, 0.05) is 18.7 Å². The van der Waals surface area contributed by atoms with Crippen molar-refractivity contribution in [1.82, 2.24) is 14.8 Å². The zero-order valence-corrected chi connectivity index (χ0v) is 15.8. The SMILES string of the molecule is CCOC(=O)c1nn(C(C)(C)C)c(Oc2ncccc2C(C)(F)F)c1C. The monoisotopic (exact) mass is 367 g/mol. The smallest absolute Gasteiger partial charge is 0.359 e. The van der Waals surface area contributed by atoms with Gasteiger partial charge in [-0.2, -0.15) is 5.10 Å². The lowest BCUT2D eigenvalue weighted by molar-refractivity contribution is 0.0147. The summed E-state index contributed by atoms with van der Waals surface area (Å²) in [7, 11) is 0. The van der Waals surface area contributed by atoms with Crippen LogP contribution in [0.2, 0.25) is 0 Å². The van der Waals surface area contributed by atoms with Crippen molar-refractivity contribution in [2.45, 2.75) is 53.0 Å². The summed E-state index contributed by atoms with van der Waals surface area (Å²) >= 11 is 0. The molecule has 0 aliphatic carbocycles. The number of esters is 1. The Hall–Kier alpha value is -2.51. The molecule has 0 radical (unpaired) electrons. The molecular weight excluding hydrogens is 344 g/mol. The third kappa shape index (κ3) is 4.00. The normalized spacial score (nSPS) is 12.2. The summed E-state index contributed by atoms with van der Waals surface area (Å²) in [5.41, 5.74) is -0.431. The van der Waals surface area contributed by atoms with Gasteiger partial charge in [-0.25, -0.2) is 23.2 Å². The minimum Gasteiger partial charge on any atom is -0.461 e. The fourth-order valence-corrected chi connectivity index (χ4v) is 2.35. The molecule has 8 heteroatoms. The molecule has 0 saturated carbocycles. The molecule has 0 fully saturated rings. The minimum atomic E-state index is -3.13. The first kappa shape index (κ1) is 19.8. The van der Waals surface area contributed by atoms with Crippen LogP contribution in [0.5, 0.6) is 11.8 Å². The lowest BCUT2D eigenvalue weighted by Crippen LogP contribution is -2.24. The topological polar surface area (TPSA) is 66.2 Å². The Morgan fingerprint density at radius 1 is 1.27 bits per heavy atom. The van der Waals surface area contributed by atoms with E-state index in [4.69, 9.17) is 9.47 Å². The van der Waals surface area contributed by atoms with Crippen LogP contribution in [0.3, 0.4) is 0 Å². The molecule has 6 nitrogen and oxygen atoms in total. The Balaban J connectivity index is 2.58. The third-order valence-corrected chi connectivity index (χ3v) is 3.61. The molecule has 2 rings (SSSR count). The molecule has 26 heavy (non-hydrogen) atoms. The lowest BCUT2D eigenvalue weighted by Gasteiger charge is -2.23. The minimum absolute atomic E-state index is 0.0810. The van der Waals surface area contributed by atoms with Crippen molar-refractivity contribution in [3.05, 3.63) is 35.2 Å². The van der Waals surface area contributed by atoms with Gasteiger partial charge in [0.2, 0.25) is 11.8 Å². The summed E-state index contributed by atoms with van der Waals surface area (Å²) in [6, 6.07) is 2.67. The maximum Gasteiger partial charge on any atom is 0.359 e. The van der Waals surface area contributed by atoms with Crippen molar-refractivity contribution in [2.24, 2.45) is 0 Å². The van der Waals surface area contributed by atoms with Crippen molar-refractivity contribution >= 4 is 5.97 Å². The van der Waals surface area contributed by atoms with Gasteiger partial charge in [-0.3, -0.25) is 0 Å². The van der Waals surface area contributed by atoms with E-state index < -0.39 is 17.4 Å². The van der Waals surface area contributed by atoms with Gasteiger partial charge >= 0.3 is 5.97 Å². The van der Waals surface area contributed by atoms with E-state index in [1.807, 2.05) is 20.8 Å². The summed E-state index contributed by atoms with van der Waals surface area (Å²) in [6.45, 7) is 9.86. The van der Waals surface area contributed by atoms with Gasteiger partial charge in [0.15, 0.2) is 5.69 Å². The number of carbonyl (C=O) groups is 1. The molecule has 0 unspecified atom stereocenters. The van der Waals surface area contributed by atoms with Crippen LogP contribution >= 0.6 is 0 Å². The predicted octanol–water partition coefficient (Wildman–Crippen LogP) is 4.42. The van der Waals surface area contributed by atoms with Crippen LogP contribution in [0, 0.1) is 6.92 Å². The first-order valence-electron chi connectivity index (χ1n) is 8.25. The molecule has 0 amide bonds. The van der Waals surface area contributed by atoms with E-state index in [-0.39, 0.29) is 29.6 Å². The van der Waals surface area contributed by atoms with Gasteiger partial charge in [0.05, 0.1) is 17.7 Å². The average molecular weight is 367 g/mol. The van der Waals surface area contributed by atoms with Crippen molar-refractivity contribution in [1.29, 1.82) is 0 Å². The highest BCUT2D eigenvalue weighted by Gasteiger charge is 2.33. The van der Waals surface area contributed by atoms with Gasteiger partial charge in [0.1, 0.15) is 0 Å². The highest BCUT2D eigenvalue weighted by molar-refractivity contribution is 5.89. The highest BCUT2D eigenvalue weighted by atomic mass is 19.3. The highest BCUT2D eigenvalue weighted by Crippen LogP contribution is 2.37. The van der Waals surface area contributed by atoms with Crippen molar-refractivity contribution in [2.75, 3.05) is 6.61 Å². The quantitative estimate of drug-likeness (QED) is 0.732. The van der Waals surface area contributed by atoms with E-state index in [0.717, 1.165) is 6.92 Å². The van der Waals surface area contributed by atoms with Gasteiger partial charge in [-0.05, 0) is 46.8 Å². The molecule has 2 aromatic rings. The Morgan fingerprint density at radius 3 is 2.46 bits per heavy atom. The van der Waals surface area contributed by atoms with Gasteiger partial charge in [-0.1, -0.05) is 0 Å². The number of nitrogens with zero attached hydrogens (tertiary/aromatic N) is 3. The summed E-state index contributed by atoms with van der Waals surface area (Å²) in [6.07, 6.45) is 1.37. The van der Waals surface area contributed by atoms with Gasteiger partial charge in [-0.15, -0.1) is 0 Å². The Morgan fingerprint density at radius 2 is 1.92 bits per heavy atom. The second-order valence-electron chi connectivity index (χ2n) is 6.93. The molecule has 0 atom stereocenters. The number of carbonyl (C=O) groups excluding carboxylic acids is 1. The average Bonchev–Trinajstić information content (AvgIpc) is 2.84. The number of hydrogen-bond donors (Lipinski definition) is 0. The van der Waals surface area contributed by atoms with Gasteiger partial charge in [0.25, 0.3) is 5.92 Å². The van der Waals surface area contributed by atoms with E-state index in [9.17, 15) is 13.6 Å². The fourth-order valence-electron chi connectivity index (χ4n) is 2.35. The molecule has 0 bridgehead atoms. The number of rotatable bonds is 5. The van der Waals surface area contributed by atoms with Crippen LogP contribution in [-0.4, -0.2) is 27.3 Å². The number of ether oxygens (including phenoxy) is 2. The van der Waals surface area contributed by atoms with Crippen LogP contribution in [0.1, 0.15) is 56.2 Å². The summed E-state index contributed by atoms with van der Waals surface area (Å²) in [5, 5.41) is 4.29. The van der Waals surface area contributed by atoms with E-state index in [2.05, 4.69) is 10.1 Å². The Kier molecular flexibility index (Phi) is 5.34. The van der Waals surface area contributed by atoms with Crippen molar-refractivity contribution in [3.63, 3.8) is 0 Å². The maximum absolute atomic E-state index is 13.9. The van der Waals surface area contributed by atoms with E-state index in [1.54, 1.807) is 13.8 Å². The summed E-state index contributed by atoms with van der Waals surface area (Å²) in [4.78, 5) is 16.1. The molecule has 0 N–H and O–H groups in total. The molecule has 0 aromatic carbocycles. The largest absolute Gasteiger partial charge is 0.461 e. The maximum atomic E-state index is 13.9. The number of hydrogen-bond acceptors (Lipinski definition) is 5. The Labute approximate surface area is 151 Å². The molecule has 142 valence electrons. The van der Waals surface area contributed by atoms with Crippen LogP contribution in [0.15, 0.2) is 18.3 Å². The van der Waals surface area contributed by atoms with Gasteiger partial charge < -0.3 is 9.47 Å². The summed E-state index contributed by atoms with van der Waals surface area (Å²) in [5.74, 6) is -3.79. The van der Waals surface area contributed by atoms with Crippen LogP contribution in [0.25, 0.3) is 0 Å². The molecule has 2 aromatic heterocycles. The third-order valence-electron chi connectivity index (χ3n) is 3.61. The fraction of sp³-hybridized carbons (Fsp3) is 0.500. The lowest BCUT2D eigenvalue weighted by atomic mass is 10.1. The number of pyridine rings is 1. The first-order valence-corrected chi connectivity index (χ1v) is 8.25. The van der Waals surface area contributed by atoms with Crippen molar-refractivity contribution < 1.29 is 23.0 Å². The van der Waals surface area contributed by atoms with Crippen LogP contribution < -0.4 is 4.74 Å². The summed E-state index contributed by atoms with van der Waals surface area (Å²) < 4.78 is 40.0. The molecule has 0 aliphatic heterocycles. The second kappa shape index (κ2) is 7.01. The standard InChI is InChI=1S/C18H23F2N3O3/c1-7-25-16(24)13-11(2)15(23(22-13)17(3,4)5)26-14-12(18(6,19)20)9-8-10-21-14/h8-10H,7H2,1-6H3. The molecular formula is C18H23F2N3O3. The van der Waals surface area contributed by atoms with Crippen LogP contribution in [-0.2, 0) is 16.2 Å². The number of alkyl halides is 2. The number of halogens is 2. The van der Waals surface area contributed by atoms with E-state index >= 15 is 0 Å². The zero-order chi connectivity index (χ0) is 19.7. The van der Waals surface area contributed by atoms with E-state index in [0.29, 0.717) is 5.56 Å². The molecule has 0 spiro atoms.